The molecular formula is C15H25N3. The molecule has 0 aromatic carbocycles. The van der Waals surface area contributed by atoms with Crippen molar-refractivity contribution in [3.05, 3.63) is 30.1 Å². The molecule has 0 bridgehead atoms. The molecule has 2 heterocycles. The van der Waals surface area contributed by atoms with E-state index in [2.05, 4.69) is 35.1 Å². The van der Waals surface area contributed by atoms with E-state index in [9.17, 15) is 0 Å². The number of nitrogens with one attached hydrogen (secondary N) is 1. The molecule has 1 aliphatic rings. The minimum absolute atomic E-state index is 0.597. The molecule has 0 amide bonds. The maximum Gasteiger partial charge on any atom is 0.0312 e. The van der Waals surface area contributed by atoms with E-state index in [1.165, 1.54) is 38.0 Å². The predicted octanol–water partition coefficient (Wildman–Crippen LogP) is 2.29. The first-order valence-electron chi connectivity index (χ1n) is 7.09. The molecule has 1 fully saturated rings. The van der Waals surface area contributed by atoms with E-state index in [4.69, 9.17) is 0 Å². The van der Waals surface area contributed by atoms with Crippen molar-refractivity contribution in [3.8, 4) is 0 Å². The van der Waals surface area contributed by atoms with Gasteiger partial charge in [0, 0.05) is 31.5 Å². The van der Waals surface area contributed by atoms with Gasteiger partial charge in [-0.15, -0.1) is 0 Å². The highest BCUT2D eigenvalue weighted by atomic mass is 15.1. The van der Waals surface area contributed by atoms with Gasteiger partial charge in [-0.1, -0.05) is 6.07 Å². The van der Waals surface area contributed by atoms with Crippen molar-refractivity contribution in [3.63, 3.8) is 0 Å². The zero-order valence-electron chi connectivity index (χ0n) is 11.6. The number of hydrogen-bond donors (Lipinski definition) is 1. The van der Waals surface area contributed by atoms with Gasteiger partial charge in [-0.3, -0.25) is 9.88 Å². The summed E-state index contributed by atoms with van der Waals surface area (Å²) in [5.74, 6) is 0.852. The summed E-state index contributed by atoms with van der Waals surface area (Å²) in [6.45, 7) is 9.19. The first-order chi connectivity index (χ1) is 8.75. The van der Waals surface area contributed by atoms with Crippen LogP contribution in [-0.4, -0.2) is 35.6 Å². The second-order valence-electron chi connectivity index (χ2n) is 5.58. The quantitative estimate of drug-likeness (QED) is 0.865. The average molecular weight is 247 g/mol. The molecule has 0 aliphatic carbocycles. The lowest BCUT2D eigenvalue weighted by atomic mass is 9.97. The smallest absolute Gasteiger partial charge is 0.0312 e. The fraction of sp³-hybridized carbons (Fsp3) is 0.667. The third-order valence-corrected chi connectivity index (χ3v) is 3.79. The summed E-state index contributed by atoms with van der Waals surface area (Å²) in [6, 6.07) is 4.79. The second kappa shape index (κ2) is 6.86. The van der Waals surface area contributed by atoms with E-state index in [0.717, 1.165) is 12.5 Å². The Morgan fingerprint density at radius 3 is 2.78 bits per heavy atom. The van der Waals surface area contributed by atoms with Gasteiger partial charge in [0.25, 0.3) is 0 Å². The van der Waals surface area contributed by atoms with Crippen LogP contribution in [0.25, 0.3) is 0 Å². The highest BCUT2D eigenvalue weighted by molar-refractivity contribution is 5.08. The van der Waals surface area contributed by atoms with Gasteiger partial charge in [0.2, 0.25) is 0 Å². The highest BCUT2D eigenvalue weighted by Crippen LogP contribution is 2.17. The van der Waals surface area contributed by atoms with Crippen LogP contribution in [0, 0.1) is 5.92 Å². The molecule has 2 rings (SSSR count). The van der Waals surface area contributed by atoms with Gasteiger partial charge in [-0.25, -0.2) is 0 Å². The molecule has 0 spiro atoms. The Morgan fingerprint density at radius 2 is 2.17 bits per heavy atom. The van der Waals surface area contributed by atoms with Crippen molar-refractivity contribution >= 4 is 0 Å². The number of aromatic nitrogens is 1. The van der Waals surface area contributed by atoms with E-state index in [-0.39, 0.29) is 0 Å². The Hall–Kier alpha value is -0.930. The van der Waals surface area contributed by atoms with Crippen molar-refractivity contribution in [2.45, 2.75) is 39.3 Å². The van der Waals surface area contributed by atoms with Gasteiger partial charge in [-0.2, -0.15) is 0 Å². The third kappa shape index (κ3) is 4.07. The molecular weight excluding hydrogens is 222 g/mol. The van der Waals surface area contributed by atoms with Crippen LogP contribution in [0.1, 0.15) is 32.3 Å². The average Bonchev–Trinajstić information content (AvgIpc) is 2.40. The number of piperidine rings is 1. The van der Waals surface area contributed by atoms with Gasteiger partial charge in [0.1, 0.15) is 0 Å². The van der Waals surface area contributed by atoms with Crippen molar-refractivity contribution in [1.82, 2.24) is 15.2 Å². The summed E-state index contributed by atoms with van der Waals surface area (Å²) in [5, 5.41) is 3.44. The first-order valence-corrected chi connectivity index (χ1v) is 7.09. The minimum atomic E-state index is 0.597. The summed E-state index contributed by atoms with van der Waals surface area (Å²) in [6.07, 6.45) is 6.46. The molecule has 1 saturated heterocycles. The standard InChI is InChI=1S/C15H25N3/c1-13(2)18(11-14-5-8-16-9-6-14)12-15-4-3-7-17-10-15/h3-4,7,10,13-14,16H,5-6,8-9,11-12H2,1-2H3. The first kappa shape index (κ1) is 13.5. The number of hydrogen-bond acceptors (Lipinski definition) is 3. The Bertz CT molecular complexity index is 331. The lowest BCUT2D eigenvalue weighted by Crippen LogP contribution is -2.39. The minimum Gasteiger partial charge on any atom is -0.317 e. The van der Waals surface area contributed by atoms with Crippen molar-refractivity contribution in [1.29, 1.82) is 0 Å². The van der Waals surface area contributed by atoms with Crippen LogP contribution >= 0.6 is 0 Å². The Kier molecular flexibility index (Phi) is 5.14. The molecule has 1 aromatic rings. The van der Waals surface area contributed by atoms with Gasteiger partial charge in [-0.05, 0) is 57.3 Å². The third-order valence-electron chi connectivity index (χ3n) is 3.79. The van der Waals surface area contributed by atoms with E-state index in [0.29, 0.717) is 6.04 Å². The van der Waals surface area contributed by atoms with Gasteiger partial charge >= 0.3 is 0 Å². The zero-order valence-corrected chi connectivity index (χ0v) is 11.6. The van der Waals surface area contributed by atoms with Crippen LogP contribution in [0.3, 0.4) is 0 Å². The Morgan fingerprint density at radius 1 is 1.39 bits per heavy atom. The molecule has 0 saturated carbocycles. The summed E-state index contributed by atoms with van der Waals surface area (Å²) in [5.41, 5.74) is 1.32. The van der Waals surface area contributed by atoms with E-state index >= 15 is 0 Å². The van der Waals surface area contributed by atoms with Gasteiger partial charge < -0.3 is 5.32 Å². The molecule has 18 heavy (non-hydrogen) atoms. The van der Waals surface area contributed by atoms with Crippen LogP contribution in [0.2, 0.25) is 0 Å². The predicted molar refractivity (Wildman–Crippen MR) is 75.4 cm³/mol. The fourth-order valence-electron chi connectivity index (χ4n) is 2.58. The molecule has 1 N–H and O–H groups in total. The van der Waals surface area contributed by atoms with Crippen molar-refractivity contribution < 1.29 is 0 Å². The number of pyridine rings is 1. The molecule has 100 valence electrons. The van der Waals surface area contributed by atoms with Crippen LogP contribution in [0.4, 0.5) is 0 Å². The number of nitrogens with zero attached hydrogens (tertiary/aromatic N) is 2. The maximum absolute atomic E-state index is 4.21. The summed E-state index contributed by atoms with van der Waals surface area (Å²) in [7, 11) is 0. The summed E-state index contributed by atoms with van der Waals surface area (Å²) < 4.78 is 0. The molecule has 1 aliphatic heterocycles. The highest BCUT2D eigenvalue weighted by Gasteiger charge is 2.18. The van der Waals surface area contributed by atoms with Gasteiger partial charge in [0.15, 0.2) is 0 Å². The molecule has 3 nitrogen and oxygen atoms in total. The van der Waals surface area contributed by atoms with E-state index in [1.54, 1.807) is 0 Å². The Balaban J connectivity index is 1.91. The second-order valence-corrected chi connectivity index (χ2v) is 5.58. The summed E-state index contributed by atoms with van der Waals surface area (Å²) >= 11 is 0. The van der Waals surface area contributed by atoms with Crippen molar-refractivity contribution in [2.24, 2.45) is 5.92 Å². The molecule has 3 heteroatoms. The van der Waals surface area contributed by atoms with Crippen LogP contribution in [0.15, 0.2) is 24.5 Å². The Labute approximate surface area is 111 Å². The monoisotopic (exact) mass is 247 g/mol. The van der Waals surface area contributed by atoms with Crippen molar-refractivity contribution in [2.75, 3.05) is 19.6 Å². The lowest BCUT2D eigenvalue weighted by Gasteiger charge is -2.32. The van der Waals surface area contributed by atoms with Crippen LogP contribution in [-0.2, 0) is 6.54 Å². The summed E-state index contributed by atoms with van der Waals surface area (Å²) in [4.78, 5) is 6.78. The topological polar surface area (TPSA) is 28.2 Å². The molecule has 1 aromatic heterocycles. The SMILES string of the molecule is CC(C)N(Cc1cccnc1)CC1CCNCC1. The van der Waals surface area contributed by atoms with E-state index in [1.807, 2.05) is 18.5 Å². The molecule has 0 radical (unpaired) electrons. The largest absolute Gasteiger partial charge is 0.317 e. The number of rotatable bonds is 5. The van der Waals surface area contributed by atoms with Gasteiger partial charge in [0.05, 0.1) is 0 Å². The lowest BCUT2D eigenvalue weighted by molar-refractivity contribution is 0.161. The zero-order chi connectivity index (χ0) is 12.8. The molecule has 0 unspecified atom stereocenters. The van der Waals surface area contributed by atoms with Crippen LogP contribution < -0.4 is 5.32 Å². The van der Waals surface area contributed by atoms with Crippen LogP contribution in [0.5, 0.6) is 0 Å². The fourth-order valence-corrected chi connectivity index (χ4v) is 2.58. The maximum atomic E-state index is 4.21. The normalized spacial score (nSPS) is 17.6. The van der Waals surface area contributed by atoms with E-state index < -0.39 is 0 Å². The molecule has 0 atom stereocenters.